The summed E-state index contributed by atoms with van der Waals surface area (Å²) >= 11 is 0. The van der Waals surface area contributed by atoms with Crippen molar-refractivity contribution in [2.45, 2.75) is 39.2 Å². The smallest absolute Gasteiger partial charge is 0.169 e. The molecule has 1 unspecified atom stereocenters. The van der Waals surface area contributed by atoms with Crippen molar-refractivity contribution in [3.8, 4) is 0 Å². The van der Waals surface area contributed by atoms with Gasteiger partial charge in [0.15, 0.2) is 5.78 Å². The average Bonchev–Trinajstić information content (AvgIpc) is 2.36. The summed E-state index contributed by atoms with van der Waals surface area (Å²) in [4.78, 5) is 12.5. The van der Waals surface area contributed by atoms with Gasteiger partial charge in [-0.05, 0) is 18.8 Å². The average molecular weight is 256 g/mol. The van der Waals surface area contributed by atoms with Crippen LogP contribution in [-0.2, 0) is 9.53 Å². The van der Waals surface area contributed by atoms with E-state index in [0.717, 1.165) is 30.6 Å². The molecular formula is C17H20O2. The number of benzene rings is 1. The summed E-state index contributed by atoms with van der Waals surface area (Å²) in [5, 5.41) is 0. The fourth-order valence-electron chi connectivity index (χ4n) is 3.30. The molecule has 0 saturated heterocycles. The number of rotatable bonds is 2. The molecule has 1 aliphatic carbocycles. The molecule has 19 heavy (non-hydrogen) atoms. The minimum atomic E-state index is -0.230. The number of hydrogen-bond acceptors (Lipinski definition) is 2. The second kappa shape index (κ2) is 4.52. The minimum absolute atomic E-state index is 0.0222. The van der Waals surface area contributed by atoms with Crippen molar-refractivity contribution in [1.82, 2.24) is 0 Å². The molecule has 1 heterocycles. The molecular weight excluding hydrogens is 236 g/mol. The highest BCUT2D eigenvalue weighted by atomic mass is 16.5. The van der Waals surface area contributed by atoms with Crippen LogP contribution in [0.15, 0.2) is 36.4 Å². The van der Waals surface area contributed by atoms with E-state index in [1.807, 2.05) is 30.3 Å². The lowest BCUT2D eigenvalue weighted by molar-refractivity contribution is -0.145. The molecule has 2 heteroatoms. The highest BCUT2D eigenvalue weighted by molar-refractivity contribution is 6.02. The van der Waals surface area contributed by atoms with E-state index >= 15 is 0 Å². The first-order valence-electron chi connectivity index (χ1n) is 7.12. The van der Waals surface area contributed by atoms with E-state index in [1.54, 1.807) is 6.08 Å². The van der Waals surface area contributed by atoms with Crippen molar-refractivity contribution < 1.29 is 9.53 Å². The molecule has 2 nitrogen and oxygen atoms in total. The lowest BCUT2D eigenvalue weighted by atomic mass is 9.59. The van der Waals surface area contributed by atoms with Gasteiger partial charge >= 0.3 is 0 Å². The van der Waals surface area contributed by atoms with Crippen LogP contribution in [0.5, 0.6) is 0 Å². The van der Waals surface area contributed by atoms with E-state index in [4.69, 9.17) is 4.74 Å². The van der Waals surface area contributed by atoms with Gasteiger partial charge in [0, 0.05) is 11.6 Å². The molecule has 0 N–H and O–H groups in total. The minimum Gasteiger partial charge on any atom is -0.488 e. The predicted octanol–water partition coefficient (Wildman–Crippen LogP) is 3.82. The number of ketones is 1. The molecule has 1 aromatic rings. The number of hydrogen-bond donors (Lipinski definition) is 0. The van der Waals surface area contributed by atoms with E-state index in [9.17, 15) is 4.79 Å². The van der Waals surface area contributed by atoms with E-state index in [-0.39, 0.29) is 17.3 Å². The maximum Gasteiger partial charge on any atom is 0.169 e. The summed E-state index contributed by atoms with van der Waals surface area (Å²) in [6.07, 6.45) is 4.84. The van der Waals surface area contributed by atoms with Gasteiger partial charge in [0.1, 0.15) is 11.9 Å². The first kappa shape index (κ1) is 12.5. The SMILES string of the molecule is CC(C)C1OC(c2ccccc2)=CC(=O)C12CCC2. The molecule has 1 aromatic carbocycles. The van der Waals surface area contributed by atoms with Gasteiger partial charge in [-0.1, -0.05) is 50.6 Å². The van der Waals surface area contributed by atoms with E-state index in [2.05, 4.69) is 13.8 Å². The van der Waals surface area contributed by atoms with Crippen molar-refractivity contribution in [3.05, 3.63) is 42.0 Å². The highest BCUT2D eigenvalue weighted by Gasteiger charge is 2.53. The first-order valence-corrected chi connectivity index (χ1v) is 7.12. The van der Waals surface area contributed by atoms with Crippen LogP contribution in [0.4, 0.5) is 0 Å². The van der Waals surface area contributed by atoms with Gasteiger partial charge in [0.05, 0.1) is 5.41 Å². The Bertz CT molecular complexity index is 509. The zero-order valence-corrected chi connectivity index (χ0v) is 11.6. The van der Waals surface area contributed by atoms with Crippen LogP contribution < -0.4 is 0 Å². The van der Waals surface area contributed by atoms with Crippen molar-refractivity contribution >= 4 is 11.5 Å². The van der Waals surface area contributed by atoms with Gasteiger partial charge in [-0.2, -0.15) is 0 Å². The molecule has 0 radical (unpaired) electrons. The van der Waals surface area contributed by atoms with Crippen LogP contribution in [0.1, 0.15) is 38.7 Å². The molecule has 0 bridgehead atoms. The van der Waals surface area contributed by atoms with Crippen LogP contribution in [0, 0.1) is 11.3 Å². The summed E-state index contributed by atoms with van der Waals surface area (Å²) in [6.45, 7) is 4.29. The summed E-state index contributed by atoms with van der Waals surface area (Å²) < 4.78 is 6.20. The Morgan fingerprint density at radius 1 is 1.21 bits per heavy atom. The molecule has 0 aromatic heterocycles. The largest absolute Gasteiger partial charge is 0.488 e. The van der Waals surface area contributed by atoms with E-state index < -0.39 is 0 Å². The Hall–Kier alpha value is -1.57. The fourth-order valence-corrected chi connectivity index (χ4v) is 3.30. The first-order chi connectivity index (χ1) is 9.13. The van der Waals surface area contributed by atoms with Crippen LogP contribution in [-0.4, -0.2) is 11.9 Å². The third kappa shape index (κ3) is 1.90. The van der Waals surface area contributed by atoms with Crippen molar-refractivity contribution in [2.75, 3.05) is 0 Å². The topological polar surface area (TPSA) is 26.3 Å². The second-order valence-electron chi connectivity index (χ2n) is 6.03. The quantitative estimate of drug-likeness (QED) is 0.804. The normalized spacial score (nSPS) is 24.9. The zero-order valence-electron chi connectivity index (χ0n) is 11.6. The lowest BCUT2D eigenvalue weighted by Crippen LogP contribution is -2.52. The number of carbonyl (C=O) groups is 1. The van der Waals surface area contributed by atoms with Crippen LogP contribution in [0.2, 0.25) is 0 Å². The van der Waals surface area contributed by atoms with Crippen molar-refractivity contribution in [1.29, 1.82) is 0 Å². The molecule has 1 spiro atoms. The van der Waals surface area contributed by atoms with E-state index in [1.165, 1.54) is 0 Å². The third-order valence-electron chi connectivity index (χ3n) is 4.46. The van der Waals surface area contributed by atoms with Crippen LogP contribution in [0.25, 0.3) is 5.76 Å². The summed E-state index contributed by atoms with van der Waals surface area (Å²) in [5.41, 5.74) is 0.766. The summed E-state index contributed by atoms with van der Waals surface area (Å²) in [7, 11) is 0. The second-order valence-corrected chi connectivity index (χ2v) is 6.03. The van der Waals surface area contributed by atoms with Gasteiger partial charge in [-0.25, -0.2) is 0 Å². The van der Waals surface area contributed by atoms with Gasteiger partial charge < -0.3 is 4.74 Å². The number of ether oxygens (including phenoxy) is 1. The van der Waals surface area contributed by atoms with Crippen LogP contribution in [0.3, 0.4) is 0 Å². The Morgan fingerprint density at radius 3 is 2.42 bits per heavy atom. The Labute approximate surface area is 114 Å². The van der Waals surface area contributed by atoms with Gasteiger partial charge in [0.25, 0.3) is 0 Å². The molecule has 3 rings (SSSR count). The molecule has 1 atom stereocenters. The zero-order chi connectivity index (χ0) is 13.5. The van der Waals surface area contributed by atoms with Gasteiger partial charge in [-0.3, -0.25) is 4.79 Å². The Balaban J connectivity index is 1.97. The monoisotopic (exact) mass is 256 g/mol. The fraction of sp³-hybridized carbons (Fsp3) is 0.471. The number of carbonyl (C=O) groups excluding carboxylic acids is 1. The van der Waals surface area contributed by atoms with Gasteiger partial charge in [0.2, 0.25) is 0 Å². The van der Waals surface area contributed by atoms with E-state index in [0.29, 0.717) is 5.92 Å². The van der Waals surface area contributed by atoms with Gasteiger partial charge in [-0.15, -0.1) is 0 Å². The van der Waals surface area contributed by atoms with Crippen molar-refractivity contribution in [2.24, 2.45) is 11.3 Å². The highest BCUT2D eigenvalue weighted by Crippen LogP contribution is 2.51. The summed E-state index contributed by atoms with van der Waals surface area (Å²) in [5.74, 6) is 1.36. The molecule has 100 valence electrons. The molecule has 1 saturated carbocycles. The molecule has 1 fully saturated rings. The Kier molecular flexibility index (Phi) is 2.96. The predicted molar refractivity (Wildman–Crippen MR) is 75.4 cm³/mol. The molecule has 0 amide bonds. The van der Waals surface area contributed by atoms with Crippen LogP contribution >= 0.6 is 0 Å². The molecule has 1 aliphatic heterocycles. The third-order valence-corrected chi connectivity index (χ3v) is 4.46. The maximum atomic E-state index is 12.5. The maximum absolute atomic E-state index is 12.5. The van der Waals surface area contributed by atoms with Crippen molar-refractivity contribution in [3.63, 3.8) is 0 Å². The lowest BCUT2D eigenvalue weighted by Gasteiger charge is -2.49. The standard InChI is InChI=1S/C17H20O2/c1-12(2)16-17(9-6-10-17)15(18)11-14(19-16)13-7-4-3-5-8-13/h3-5,7-8,11-12,16H,6,9-10H2,1-2H3. The number of allylic oxidation sites excluding steroid dienone is 1. The molecule has 2 aliphatic rings. The Morgan fingerprint density at radius 2 is 1.89 bits per heavy atom. The summed E-state index contributed by atoms with van der Waals surface area (Å²) in [6, 6.07) is 9.91.